The molecule has 2 heterocycles. The molecule has 0 aliphatic carbocycles. The average Bonchev–Trinajstić information content (AvgIpc) is 3.05. The summed E-state index contributed by atoms with van der Waals surface area (Å²) in [6.07, 6.45) is 3.76. The minimum absolute atomic E-state index is 0.198. The average molecular weight is 471 g/mol. The van der Waals surface area contributed by atoms with E-state index in [1.165, 1.54) is 6.42 Å². The first kappa shape index (κ1) is 22.2. The molecule has 34 heavy (non-hydrogen) atoms. The third kappa shape index (κ3) is 4.99. The highest BCUT2D eigenvalue weighted by Gasteiger charge is 2.23. The molecule has 2 amide bonds. The van der Waals surface area contributed by atoms with Gasteiger partial charge in [-0.3, -0.25) is 20.4 Å². The van der Waals surface area contributed by atoms with Gasteiger partial charge in [-0.2, -0.15) is 0 Å². The number of nitrogens with zero attached hydrogens (tertiary/aromatic N) is 2. The van der Waals surface area contributed by atoms with Gasteiger partial charge in [0.05, 0.1) is 12.1 Å². The van der Waals surface area contributed by atoms with Crippen molar-refractivity contribution in [3.63, 3.8) is 0 Å². The minimum Gasteiger partial charge on any atom is -0.356 e. The molecule has 7 heteroatoms. The van der Waals surface area contributed by atoms with E-state index in [9.17, 15) is 9.59 Å². The second-order valence-electron chi connectivity index (χ2n) is 8.43. The van der Waals surface area contributed by atoms with Gasteiger partial charge < -0.3 is 4.90 Å². The van der Waals surface area contributed by atoms with E-state index in [-0.39, 0.29) is 18.2 Å². The van der Waals surface area contributed by atoms with Crippen LogP contribution in [0, 0.1) is 0 Å². The maximum absolute atomic E-state index is 12.8. The highest BCUT2D eigenvalue weighted by atomic mass is 32.2. The molecule has 5 rings (SSSR count). The van der Waals surface area contributed by atoms with Crippen molar-refractivity contribution in [3.8, 4) is 0 Å². The molecule has 0 bridgehead atoms. The number of benzene rings is 3. The normalized spacial score (nSPS) is 14.8. The van der Waals surface area contributed by atoms with E-state index in [0.29, 0.717) is 5.56 Å². The second kappa shape index (κ2) is 10.1. The van der Waals surface area contributed by atoms with Crippen LogP contribution in [0.1, 0.15) is 40.7 Å². The number of rotatable bonds is 3. The molecule has 6 nitrogen and oxygen atoms in total. The smallest absolute Gasteiger partial charge is 0.269 e. The maximum atomic E-state index is 12.8. The molecule has 0 saturated carbocycles. The maximum Gasteiger partial charge on any atom is 0.269 e. The van der Waals surface area contributed by atoms with E-state index in [4.69, 9.17) is 4.99 Å². The van der Waals surface area contributed by atoms with Crippen molar-refractivity contribution in [2.75, 3.05) is 13.1 Å². The molecule has 2 aliphatic heterocycles. The number of fused-ring (bicyclic) bond motifs is 2. The summed E-state index contributed by atoms with van der Waals surface area (Å²) < 4.78 is 0. The van der Waals surface area contributed by atoms with Gasteiger partial charge in [-0.25, -0.2) is 4.99 Å². The lowest BCUT2D eigenvalue weighted by atomic mass is 10.1. The number of carbonyl (C=O) groups is 2. The van der Waals surface area contributed by atoms with E-state index < -0.39 is 0 Å². The summed E-state index contributed by atoms with van der Waals surface area (Å²) in [4.78, 5) is 34.6. The lowest BCUT2D eigenvalue weighted by molar-refractivity contribution is -0.121. The van der Waals surface area contributed by atoms with Crippen LogP contribution < -0.4 is 10.9 Å². The molecule has 172 valence electrons. The Morgan fingerprint density at radius 1 is 0.853 bits per heavy atom. The zero-order valence-corrected chi connectivity index (χ0v) is 19.6. The third-order valence-corrected chi connectivity index (χ3v) is 7.11. The second-order valence-corrected chi connectivity index (χ2v) is 9.51. The van der Waals surface area contributed by atoms with E-state index in [0.717, 1.165) is 58.4 Å². The molecule has 1 saturated heterocycles. The Balaban J connectivity index is 1.36. The fraction of sp³-hybridized carbons (Fsp3) is 0.222. The van der Waals surface area contributed by atoms with Gasteiger partial charge in [0.2, 0.25) is 5.91 Å². The molecule has 2 aliphatic rings. The first-order valence-electron chi connectivity index (χ1n) is 11.6. The molecular formula is C27H26N4O2S. The fourth-order valence-corrected chi connectivity index (χ4v) is 5.23. The van der Waals surface area contributed by atoms with Gasteiger partial charge in [0, 0.05) is 34.0 Å². The molecule has 1 fully saturated rings. The van der Waals surface area contributed by atoms with Crippen LogP contribution in [0.3, 0.4) is 0 Å². The molecule has 3 aromatic rings. The SMILES string of the molecule is O=C(Cc1ccccc1)NNC(=O)c1ccc2c(c1)N=C(N1CCCCC1)c1ccccc1S2. The summed E-state index contributed by atoms with van der Waals surface area (Å²) in [5.41, 5.74) is 8.27. The van der Waals surface area contributed by atoms with Gasteiger partial charge in [-0.1, -0.05) is 60.3 Å². The van der Waals surface area contributed by atoms with Crippen molar-refractivity contribution >= 4 is 35.1 Å². The number of hydrazine groups is 1. The van der Waals surface area contributed by atoms with Crippen LogP contribution in [0.2, 0.25) is 0 Å². The highest BCUT2D eigenvalue weighted by Crippen LogP contribution is 2.41. The number of amides is 2. The number of aliphatic imine (C=N–C) groups is 1. The molecular weight excluding hydrogens is 444 g/mol. The summed E-state index contributed by atoms with van der Waals surface area (Å²) in [5, 5.41) is 0. The van der Waals surface area contributed by atoms with Crippen LogP contribution in [-0.2, 0) is 11.2 Å². The van der Waals surface area contributed by atoms with Crippen molar-refractivity contribution in [1.82, 2.24) is 15.8 Å². The van der Waals surface area contributed by atoms with Crippen molar-refractivity contribution in [2.24, 2.45) is 4.99 Å². The number of nitrogens with one attached hydrogen (secondary N) is 2. The number of piperidine rings is 1. The number of amidine groups is 1. The zero-order valence-electron chi connectivity index (χ0n) is 18.8. The fourth-order valence-electron chi connectivity index (χ4n) is 4.24. The lowest BCUT2D eigenvalue weighted by Gasteiger charge is -2.30. The van der Waals surface area contributed by atoms with E-state index in [1.807, 2.05) is 48.5 Å². The Bertz CT molecular complexity index is 1240. The quantitative estimate of drug-likeness (QED) is 0.544. The lowest BCUT2D eigenvalue weighted by Crippen LogP contribution is -2.42. The van der Waals surface area contributed by atoms with Gasteiger partial charge in [0.1, 0.15) is 5.84 Å². The molecule has 0 unspecified atom stereocenters. The van der Waals surface area contributed by atoms with Gasteiger partial charge in [-0.15, -0.1) is 0 Å². The van der Waals surface area contributed by atoms with Gasteiger partial charge >= 0.3 is 0 Å². The monoisotopic (exact) mass is 470 g/mol. The molecule has 0 atom stereocenters. The number of hydrogen-bond acceptors (Lipinski definition) is 5. The Labute approximate surface area is 203 Å². The van der Waals surface area contributed by atoms with Crippen LogP contribution in [0.4, 0.5) is 5.69 Å². The Morgan fingerprint density at radius 3 is 2.44 bits per heavy atom. The van der Waals surface area contributed by atoms with Crippen molar-refractivity contribution < 1.29 is 9.59 Å². The number of carbonyl (C=O) groups excluding carboxylic acids is 2. The van der Waals surface area contributed by atoms with Crippen LogP contribution >= 0.6 is 11.8 Å². The highest BCUT2D eigenvalue weighted by molar-refractivity contribution is 7.99. The van der Waals surface area contributed by atoms with Crippen LogP contribution in [0.5, 0.6) is 0 Å². The predicted octanol–water partition coefficient (Wildman–Crippen LogP) is 4.72. The van der Waals surface area contributed by atoms with Gasteiger partial charge in [-0.05, 0) is 49.1 Å². The van der Waals surface area contributed by atoms with E-state index >= 15 is 0 Å². The first-order valence-corrected chi connectivity index (χ1v) is 12.4. The predicted molar refractivity (Wildman–Crippen MR) is 134 cm³/mol. The largest absolute Gasteiger partial charge is 0.356 e. The van der Waals surface area contributed by atoms with E-state index in [1.54, 1.807) is 23.9 Å². The zero-order chi connectivity index (χ0) is 23.3. The van der Waals surface area contributed by atoms with Crippen LogP contribution in [-0.4, -0.2) is 35.6 Å². The summed E-state index contributed by atoms with van der Waals surface area (Å²) in [6.45, 7) is 1.97. The molecule has 2 N–H and O–H groups in total. The molecule has 0 spiro atoms. The number of likely N-dealkylation sites (tertiary alicyclic amines) is 1. The van der Waals surface area contributed by atoms with Gasteiger partial charge in [0.15, 0.2) is 0 Å². The van der Waals surface area contributed by atoms with Crippen molar-refractivity contribution in [1.29, 1.82) is 0 Å². The van der Waals surface area contributed by atoms with Gasteiger partial charge in [0.25, 0.3) is 5.91 Å². The summed E-state index contributed by atoms with van der Waals surface area (Å²) in [6, 6.07) is 23.3. The van der Waals surface area contributed by atoms with Crippen LogP contribution in [0.25, 0.3) is 0 Å². The summed E-state index contributed by atoms with van der Waals surface area (Å²) >= 11 is 1.67. The topological polar surface area (TPSA) is 73.8 Å². The summed E-state index contributed by atoms with van der Waals surface area (Å²) in [5.74, 6) is 0.326. The molecule has 0 radical (unpaired) electrons. The Kier molecular flexibility index (Phi) is 6.62. The molecule has 0 aromatic heterocycles. The van der Waals surface area contributed by atoms with Crippen LogP contribution in [0.15, 0.2) is 87.6 Å². The van der Waals surface area contributed by atoms with Crippen molar-refractivity contribution in [2.45, 2.75) is 35.5 Å². The van der Waals surface area contributed by atoms with Crippen molar-refractivity contribution in [3.05, 3.63) is 89.5 Å². The third-order valence-electron chi connectivity index (χ3n) is 5.97. The Morgan fingerprint density at radius 2 is 1.62 bits per heavy atom. The standard InChI is InChI=1S/C27H26N4O2S/c32-25(17-19-9-3-1-4-10-19)29-30-27(33)20-13-14-24-22(18-20)28-26(31-15-7-2-8-16-31)21-11-5-6-12-23(21)34-24/h1,3-6,9-14,18H,2,7-8,15-17H2,(H,29,32)(H,30,33). The summed E-state index contributed by atoms with van der Waals surface area (Å²) in [7, 11) is 0. The number of hydrogen-bond donors (Lipinski definition) is 2. The minimum atomic E-state index is -0.370. The first-order chi connectivity index (χ1) is 16.7. The van der Waals surface area contributed by atoms with E-state index in [2.05, 4.69) is 27.9 Å². The Hall–Kier alpha value is -3.58. The molecule has 3 aromatic carbocycles.